The predicted molar refractivity (Wildman–Crippen MR) is 33.3 cm³/mol. The Balaban J connectivity index is 0. The number of hydrogen-bond acceptors (Lipinski definition) is 6. The zero-order valence-corrected chi connectivity index (χ0v) is 7.37. The van der Waals surface area contributed by atoms with Gasteiger partial charge < -0.3 is 25.2 Å². The number of nitrogens with zero attached hydrogens (tertiary/aromatic N) is 2. The van der Waals surface area contributed by atoms with E-state index >= 15 is 0 Å². The second-order valence-electron chi connectivity index (χ2n) is 1.48. The molecule has 0 aliphatic carbocycles. The summed E-state index contributed by atoms with van der Waals surface area (Å²) in [6, 6.07) is 1.33. The quantitative estimate of drug-likeness (QED) is 0.379. The minimum absolute atomic E-state index is 0. The molecule has 13 heavy (non-hydrogen) atoms. The predicted octanol–water partition coefficient (Wildman–Crippen LogP) is -1.47. The summed E-state index contributed by atoms with van der Waals surface area (Å²) in [4.78, 5) is 18.1. The first kappa shape index (κ1) is 14.2. The number of hydrogen-bond donors (Lipinski definition) is 1. The van der Waals surface area contributed by atoms with Crippen LogP contribution in [0.5, 0.6) is 0 Å². The molecule has 1 aromatic heterocycles. The third-order valence-corrected chi connectivity index (χ3v) is 0.721. The molecule has 9 heteroatoms. The molecule has 0 fully saturated rings. The summed E-state index contributed by atoms with van der Waals surface area (Å²) in [6.45, 7) is 0. The maximum atomic E-state index is 9.88. The van der Waals surface area contributed by atoms with E-state index in [4.69, 9.17) is 15.3 Å². The molecule has 0 saturated heterocycles. The van der Waals surface area contributed by atoms with Gasteiger partial charge in [0.2, 0.25) is 0 Å². The van der Waals surface area contributed by atoms with Gasteiger partial charge in [-0.15, -0.1) is 0 Å². The van der Waals surface area contributed by atoms with Gasteiger partial charge in [0.1, 0.15) is 0 Å². The van der Waals surface area contributed by atoms with E-state index in [0.717, 1.165) is 0 Å². The van der Waals surface area contributed by atoms with Gasteiger partial charge in [-0.2, -0.15) is 5.10 Å². The maximum absolute atomic E-state index is 9.88. The van der Waals surface area contributed by atoms with Crippen LogP contribution in [0.1, 0.15) is 10.5 Å². The van der Waals surface area contributed by atoms with Gasteiger partial charge in [0.25, 0.3) is 0 Å². The van der Waals surface area contributed by atoms with Gasteiger partial charge in [0.05, 0.1) is 16.7 Å². The van der Waals surface area contributed by atoms with Crippen LogP contribution >= 0.6 is 0 Å². The van der Waals surface area contributed by atoms with Gasteiger partial charge in [0.15, 0.2) is 0 Å². The first-order valence-electron chi connectivity index (χ1n) is 2.56. The van der Waals surface area contributed by atoms with E-state index in [1.54, 1.807) is 0 Å². The van der Waals surface area contributed by atoms with Crippen molar-refractivity contribution in [1.29, 1.82) is 0 Å². The van der Waals surface area contributed by atoms with Crippen molar-refractivity contribution in [3.05, 3.63) is 33.3 Å². The first-order chi connectivity index (χ1) is 5.54. The van der Waals surface area contributed by atoms with Crippen molar-refractivity contribution in [2.75, 3.05) is 0 Å². The molecule has 0 unspecified atom stereocenters. The summed E-state index contributed by atoms with van der Waals surface area (Å²) in [5.74, 6) is -1.23. The number of aromatic carboxylic acids is 1. The molecule has 1 N–H and O–H groups in total. The van der Waals surface area contributed by atoms with Crippen molar-refractivity contribution in [2.45, 2.75) is 0 Å². The summed E-state index contributed by atoms with van der Waals surface area (Å²) >= 11 is 0. The van der Waals surface area contributed by atoms with E-state index in [1.807, 2.05) is 0 Å². The molecule has 77 valence electrons. The number of aromatic nitrogens is 2. The van der Waals surface area contributed by atoms with Gasteiger partial charge in [-0.3, -0.25) is 5.10 Å². The monoisotopic (exact) mass is 280 g/mol. The van der Waals surface area contributed by atoms with E-state index in [0.29, 0.717) is 0 Å². The Hall–Kier alpha value is -1.38. The molecule has 0 aromatic carbocycles. The fraction of sp³-hybridized carbons (Fsp3) is 0. The molecule has 0 aliphatic heterocycles. The third kappa shape index (κ3) is 8.53. The van der Waals surface area contributed by atoms with Crippen LogP contribution in [0.4, 0.5) is 0 Å². The van der Waals surface area contributed by atoms with Crippen LogP contribution in [0, 0.1) is 15.3 Å². The van der Waals surface area contributed by atoms with Crippen molar-refractivity contribution in [3.8, 4) is 0 Å². The fourth-order valence-corrected chi connectivity index (χ4v) is 0.370. The molecule has 1 radical (unpaired) electrons. The summed E-state index contributed by atoms with van der Waals surface area (Å²) in [5, 5.41) is 30.3. The summed E-state index contributed by atoms with van der Waals surface area (Å²) in [7, 11) is 0. The molecule has 1 rings (SSSR count). The van der Waals surface area contributed by atoms with Crippen molar-refractivity contribution in [1.82, 2.24) is 10.2 Å². The molecule has 1 aromatic rings. The Kier molecular flexibility index (Phi) is 7.93. The fourth-order valence-electron chi connectivity index (χ4n) is 0.370. The molecule has 1 heterocycles. The van der Waals surface area contributed by atoms with Crippen LogP contribution in [-0.4, -0.2) is 21.3 Å². The Bertz CT molecular complexity index is 257. The van der Waals surface area contributed by atoms with Gasteiger partial charge >= 0.3 is 0 Å². The third-order valence-electron chi connectivity index (χ3n) is 0.721. The SMILES string of the molecule is O=C([O-])c1ccn[nH]1.O=[N+]([O-])[O-].[Ag]. The standard InChI is InChI=1S/C4H4N2O2.Ag.NO3/c7-4(8)3-1-2-5-6-3;;2-1(3)4/h1-2H,(H,5,6)(H,7,8);;/q;;-1/p-1. The van der Waals surface area contributed by atoms with E-state index < -0.39 is 11.1 Å². The molecular weight excluding hydrogens is 278 g/mol. The number of carbonyl (C=O) groups excluding carboxylic acids is 1. The van der Waals surface area contributed by atoms with Crippen LogP contribution in [0.25, 0.3) is 0 Å². The van der Waals surface area contributed by atoms with Gasteiger partial charge in [0, 0.05) is 28.6 Å². The van der Waals surface area contributed by atoms with Crippen molar-refractivity contribution in [3.63, 3.8) is 0 Å². The van der Waals surface area contributed by atoms with E-state index in [9.17, 15) is 9.90 Å². The first-order valence-corrected chi connectivity index (χ1v) is 2.56. The van der Waals surface area contributed by atoms with Gasteiger partial charge in [-0.25, -0.2) is 0 Å². The van der Waals surface area contributed by atoms with E-state index in [-0.39, 0.29) is 28.1 Å². The average Bonchev–Trinajstić information content (AvgIpc) is 2.34. The zero-order chi connectivity index (χ0) is 9.56. The Labute approximate surface area is 87.2 Å². The van der Waals surface area contributed by atoms with Crippen LogP contribution in [-0.2, 0) is 22.4 Å². The van der Waals surface area contributed by atoms with Crippen LogP contribution in [0.15, 0.2) is 12.3 Å². The second kappa shape index (κ2) is 7.28. The number of aromatic amines is 1. The van der Waals surface area contributed by atoms with Crippen LogP contribution in [0.2, 0.25) is 0 Å². The van der Waals surface area contributed by atoms with Crippen molar-refractivity contribution in [2.24, 2.45) is 0 Å². The van der Waals surface area contributed by atoms with Crippen molar-refractivity contribution >= 4 is 5.97 Å². The number of H-pyrrole nitrogens is 1. The van der Waals surface area contributed by atoms with Crippen molar-refractivity contribution < 1.29 is 37.4 Å². The molecule has 0 atom stereocenters. The molecule has 0 bridgehead atoms. The smallest absolute Gasteiger partial charge is 0.0894 e. The zero-order valence-electron chi connectivity index (χ0n) is 5.89. The Morgan fingerprint density at radius 1 is 1.54 bits per heavy atom. The number of nitrogens with one attached hydrogen (secondary N) is 1. The second-order valence-corrected chi connectivity index (χ2v) is 1.48. The topological polar surface area (TPSA) is 135 Å². The molecule has 0 amide bonds. The van der Waals surface area contributed by atoms with Crippen LogP contribution < -0.4 is 5.11 Å². The normalized spacial score (nSPS) is 7.38. The van der Waals surface area contributed by atoms with Gasteiger partial charge in [-0.1, -0.05) is 0 Å². The number of carboxylic acid groups (broad SMARTS) is 1. The Morgan fingerprint density at radius 3 is 2.15 bits per heavy atom. The molecular formula is C4H3AgN3O5-2. The summed E-state index contributed by atoms with van der Waals surface area (Å²) < 4.78 is 0. The van der Waals surface area contributed by atoms with Crippen LogP contribution in [0.3, 0.4) is 0 Å². The summed E-state index contributed by atoms with van der Waals surface area (Å²) in [6.07, 6.45) is 1.35. The minimum atomic E-state index is -1.75. The largest absolute Gasteiger partial charge is 0.543 e. The number of rotatable bonds is 1. The molecule has 0 spiro atoms. The van der Waals surface area contributed by atoms with E-state index in [2.05, 4.69) is 10.2 Å². The number of carbonyl (C=O) groups is 1. The molecule has 0 saturated carbocycles. The minimum Gasteiger partial charge on any atom is -0.543 e. The summed E-state index contributed by atoms with van der Waals surface area (Å²) in [5.41, 5.74) is 0.00463. The number of carboxylic acids is 1. The van der Waals surface area contributed by atoms with E-state index in [1.165, 1.54) is 12.3 Å². The maximum Gasteiger partial charge on any atom is 0.0894 e. The van der Waals surface area contributed by atoms with Gasteiger partial charge in [-0.05, 0) is 6.07 Å². The average molecular weight is 281 g/mol. The molecule has 8 nitrogen and oxygen atoms in total. The Morgan fingerprint density at radius 2 is 2.00 bits per heavy atom. The molecule has 0 aliphatic rings.